The van der Waals surface area contributed by atoms with E-state index < -0.39 is 35.8 Å². The molecule has 0 aliphatic heterocycles. The fraction of sp³-hybridized carbons (Fsp3) is 0. The minimum absolute atomic E-state index is 0. The zero-order valence-electron chi connectivity index (χ0n) is 11.1. The van der Waals surface area contributed by atoms with E-state index in [-0.39, 0.29) is 114 Å². The fourth-order valence-corrected chi connectivity index (χ4v) is 3.83. The minimum atomic E-state index is -5.25. The van der Waals surface area contributed by atoms with Crippen LogP contribution in [0.2, 0.25) is 0 Å². The predicted octanol–water partition coefficient (Wildman–Crippen LogP) is -5.93. The standard InChI is InChI=1S/C10H8O7S2.2K/c11-8-5-6-3-1-2-4-7(6)9(18(12,13)14)10(8)19(15,16)17;;/h1-5,11H,(H,12,13,14)(H,15,16,17);;/q;2*+1/p-2. The summed E-state index contributed by atoms with van der Waals surface area (Å²) in [6.45, 7) is 0. The van der Waals surface area contributed by atoms with Crippen LogP contribution in [0.1, 0.15) is 0 Å². The van der Waals surface area contributed by atoms with Gasteiger partial charge in [-0.05, 0) is 5.39 Å². The summed E-state index contributed by atoms with van der Waals surface area (Å²) in [4.78, 5) is -2.64. The zero-order chi connectivity index (χ0) is 14.4. The van der Waals surface area contributed by atoms with E-state index in [4.69, 9.17) is 4.55 Å². The number of benzene rings is 2. The topological polar surface area (TPSA) is 135 Å². The van der Waals surface area contributed by atoms with Crippen LogP contribution in [0.5, 0.6) is 5.75 Å². The van der Waals surface area contributed by atoms with Crippen molar-refractivity contribution in [3.63, 3.8) is 0 Å². The van der Waals surface area contributed by atoms with Crippen LogP contribution in [0.3, 0.4) is 0 Å². The van der Waals surface area contributed by atoms with Gasteiger partial charge in [0, 0.05) is 5.39 Å². The molecule has 0 radical (unpaired) electrons. The molecule has 0 fully saturated rings. The quantitative estimate of drug-likeness (QED) is 0.405. The summed E-state index contributed by atoms with van der Waals surface area (Å²) in [5, 5.41) is 11.5. The van der Waals surface area contributed by atoms with Gasteiger partial charge < -0.3 is 9.66 Å². The van der Waals surface area contributed by atoms with Crippen molar-refractivity contribution in [2.75, 3.05) is 0 Å². The molecule has 2 aromatic carbocycles. The Morgan fingerprint density at radius 3 is 1.95 bits per heavy atom. The number of fused-ring (bicyclic) bond motifs is 1. The van der Waals surface area contributed by atoms with Crippen LogP contribution >= 0.6 is 0 Å². The van der Waals surface area contributed by atoms with Gasteiger partial charge in [0.25, 0.3) is 10.1 Å². The Bertz CT molecular complexity index is 876. The minimum Gasteiger partial charge on any atom is -0.871 e. The van der Waals surface area contributed by atoms with Gasteiger partial charge in [-0.25, -0.2) is 8.42 Å². The molecule has 7 nitrogen and oxygen atoms in total. The van der Waals surface area contributed by atoms with Crippen molar-refractivity contribution in [2.45, 2.75) is 9.79 Å². The summed E-state index contributed by atoms with van der Waals surface area (Å²) in [6.07, 6.45) is 0. The second kappa shape index (κ2) is 8.11. The Balaban J connectivity index is 0.00000200. The average Bonchev–Trinajstić information content (AvgIpc) is 2.24. The van der Waals surface area contributed by atoms with Gasteiger partial charge in [0.15, 0.2) is 0 Å². The van der Waals surface area contributed by atoms with E-state index in [0.717, 1.165) is 6.07 Å². The van der Waals surface area contributed by atoms with Gasteiger partial charge in [-0.3, -0.25) is 4.55 Å². The number of rotatable bonds is 2. The first-order valence-electron chi connectivity index (χ1n) is 4.78. The van der Waals surface area contributed by atoms with Gasteiger partial charge >= 0.3 is 103 Å². The molecule has 21 heavy (non-hydrogen) atoms. The monoisotopic (exact) mass is 380 g/mol. The molecule has 1 N–H and O–H groups in total. The molecule has 2 aromatic rings. The molecule has 0 spiro atoms. The number of hydrogen-bond donors (Lipinski definition) is 1. The van der Waals surface area contributed by atoms with E-state index in [0.29, 0.717) is 0 Å². The van der Waals surface area contributed by atoms with Crippen molar-refractivity contribution >= 4 is 31.0 Å². The number of hydrogen-bond acceptors (Lipinski definition) is 6. The average molecular weight is 380 g/mol. The van der Waals surface area contributed by atoms with E-state index in [9.17, 15) is 26.5 Å². The molecule has 0 aromatic heterocycles. The van der Waals surface area contributed by atoms with Gasteiger partial charge in [0.2, 0.25) is 0 Å². The van der Waals surface area contributed by atoms with E-state index in [1.807, 2.05) is 0 Å². The largest absolute Gasteiger partial charge is 1.00 e. The second-order valence-corrected chi connectivity index (χ2v) is 6.36. The molecule has 0 saturated carbocycles. The van der Waals surface area contributed by atoms with Crippen molar-refractivity contribution in [3.05, 3.63) is 30.3 Å². The van der Waals surface area contributed by atoms with Gasteiger partial charge in [0.1, 0.15) is 15.0 Å². The molecule has 0 aliphatic rings. The normalized spacial score (nSPS) is 11.5. The Morgan fingerprint density at radius 2 is 1.48 bits per heavy atom. The predicted molar refractivity (Wildman–Crippen MR) is 61.2 cm³/mol. The summed E-state index contributed by atoms with van der Waals surface area (Å²) in [6, 6.07) is 6.21. The molecular weight excluding hydrogens is 374 g/mol. The van der Waals surface area contributed by atoms with Gasteiger partial charge in [-0.1, -0.05) is 36.1 Å². The van der Waals surface area contributed by atoms with Crippen LogP contribution in [0.4, 0.5) is 0 Å². The van der Waals surface area contributed by atoms with Crippen LogP contribution < -0.4 is 108 Å². The van der Waals surface area contributed by atoms with Crippen LogP contribution in [-0.4, -0.2) is 25.9 Å². The molecule has 0 atom stereocenters. The Hall–Kier alpha value is 1.59. The van der Waals surface area contributed by atoms with Crippen molar-refractivity contribution in [3.8, 4) is 5.75 Å². The van der Waals surface area contributed by atoms with Crippen molar-refractivity contribution in [1.82, 2.24) is 0 Å². The van der Waals surface area contributed by atoms with Crippen molar-refractivity contribution in [2.24, 2.45) is 0 Å². The summed E-state index contributed by atoms with van der Waals surface area (Å²) in [5.41, 5.74) is 0. The smallest absolute Gasteiger partial charge is 0.871 e. The maximum absolute atomic E-state index is 11.6. The third-order valence-corrected chi connectivity index (χ3v) is 4.40. The Labute approximate surface area is 206 Å². The van der Waals surface area contributed by atoms with E-state index >= 15 is 0 Å². The third kappa shape index (κ3) is 5.03. The summed E-state index contributed by atoms with van der Waals surface area (Å²) in [7, 11) is -10.4. The molecule has 2 rings (SSSR count). The SMILES string of the molecule is O=S(=O)([O-])c1c(S(=O)(=O)O)c([O-])cc2ccccc12.[K+].[K+]. The zero-order valence-corrected chi connectivity index (χ0v) is 19.0. The fourth-order valence-electron chi connectivity index (χ4n) is 1.76. The maximum Gasteiger partial charge on any atom is 1.00 e. The van der Waals surface area contributed by atoms with E-state index in [1.165, 1.54) is 24.3 Å². The molecule has 0 amide bonds. The van der Waals surface area contributed by atoms with E-state index in [1.54, 1.807) is 0 Å². The van der Waals surface area contributed by atoms with Crippen LogP contribution in [-0.2, 0) is 20.2 Å². The second-order valence-electron chi connectivity index (χ2n) is 3.68. The molecular formula is C10H6K2O7S2. The van der Waals surface area contributed by atoms with Crippen LogP contribution in [0.25, 0.3) is 10.8 Å². The molecule has 0 unspecified atom stereocenters. The third-order valence-electron chi connectivity index (χ3n) is 2.43. The first-order valence-corrected chi connectivity index (χ1v) is 7.63. The molecule has 0 aliphatic carbocycles. The molecule has 0 heterocycles. The first kappa shape index (κ1) is 22.6. The first-order chi connectivity index (χ1) is 8.62. The Kier molecular flexibility index (Phi) is 8.73. The molecule has 0 bridgehead atoms. The summed E-state index contributed by atoms with van der Waals surface area (Å²) >= 11 is 0. The van der Waals surface area contributed by atoms with Crippen molar-refractivity contribution in [1.29, 1.82) is 0 Å². The van der Waals surface area contributed by atoms with Gasteiger partial charge in [-0.15, -0.1) is 0 Å². The molecule has 11 heteroatoms. The Morgan fingerprint density at radius 1 is 0.952 bits per heavy atom. The van der Waals surface area contributed by atoms with Gasteiger partial charge in [-0.2, -0.15) is 8.42 Å². The van der Waals surface area contributed by atoms with Crippen molar-refractivity contribution < 1.29 is 134 Å². The maximum atomic E-state index is 11.6. The molecule has 102 valence electrons. The van der Waals surface area contributed by atoms with Crippen LogP contribution in [0.15, 0.2) is 40.1 Å². The van der Waals surface area contributed by atoms with Gasteiger partial charge in [0.05, 0.1) is 4.90 Å². The van der Waals surface area contributed by atoms with Crippen LogP contribution in [0, 0.1) is 0 Å². The summed E-state index contributed by atoms with van der Waals surface area (Å²) < 4.78 is 64.8. The summed E-state index contributed by atoms with van der Waals surface area (Å²) in [5.74, 6) is -1.25. The molecule has 0 saturated heterocycles. The van der Waals surface area contributed by atoms with E-state index in [2.05, 4.69) is 0 Å².